The Morgan fingerprint density at radius 1 is 1.59 bits per heavy atom. The SMILES string of the molecule is CC(Oc1ccc(Cl)cc1[N+](=O)[O-])C(=O)N[C@H]1CCCNC1. The molecule has 120 valence electrons. The minimum Gasteiger partial charge on any atom is -0.474 e. The number of carbonyl (C=O) groups excluding carboxylic acids is 1. The fourth-order valence-electron chi connectivity index (χ4n) is 2.27. The van der Waals surface area contributed by atoms with Crippen LogP contribution in [0.1, 0.15) is 19.8 Å². The molecule has 8 heteroatoms. The average Bonchev–Trinajstić information content (AvgIpc) is 2.49. The van der Waals surface area contributed by atoms with Crippen LogP contribution in [0.2, 0.25) is 5.02 Å². The predicted octanol–water partition coefficient (Wildman–Crippen LogP) is 1.88. The number of carbonyl (C=O) groups is 1. The van der Waals surface area contributed by atoms with Crippen molar-refractivity contribution in [3.05, 3.63) is 33.3 Å². The molecule has 0 aromatic heterocycles. The number of nitro benzene ring substituents is 1. The minimum absolute atomic E-state index is 0.0267. The van der Waals surface area contributed by atoms with Crippen LogP contribution in [-0.2, 0) is 4.79 Å². The number of benzene rings is 1. The summed E-state index contributed by atoms with van der Waals surface area (Å²) in [5.41, 5.74) is -0.258. The Balaban J connectivity index is 2.00. The lowest BCUT2D eigenvalue weighted by Crippen LogP contribution is -2.49. The molecule has 7 nitrogen and oxygen atoms in total. The summed E-state index contributed by atoms with van der Waals surface area (Å²) in [6, 6.07) is 4.14. The number of hydrogen-bond donors (Lipinski definition) is 2. The molecule has 0 radical (unpaired) electrons. The molecule has 1 heterocycles. The van der Waals surface area contributed by atoms with Gasteiger partial charge in [0.1, 0.15) is 0 Å². The summed E-state index contributed by atoms with van der Waals surface area (Å²) in [6.45, 7) is 3.23. The molecule has 2 N–H and O–H groups in total. The number of piperidine rings is 1. The van der Waals surface area contributed by atoms with Crippen LogP contribution in [-0.4, -0.2) is 36.1 Å². The molecule has 0 spiro atoms. The smallest absolute Gasteiger partial charge is 0.312 e. The van der Waals surface area contributed by atoms with Gasteiger partial charge in [-0.3, -0.25) is 14.9 Å². The predicted molar refractivity (Wildman–Crippen MR) is 82.2 cm³/mol. The summed E-state index contributed by atoms with van der Waals surface area (Å²) in [7, 11) is 0. The number of halogens is 1. The molecule has 2 atom stereocenters. The Labute approximate surface area is 133 Å². The summed E-state index contributed by atoms with van der Waals surface area (Å²) in [6.07, 6.45) is 1.08. The van der Waals surface area contributed by atoms with Gasteiger partial charge in [0.25, 0.3) is 5.91 Å². The van der Waals surface area contributed by atoms with Gasteiger partial charge in [0, 0.05) is 23.7 Å². The third-order valence-corrected chi connectivity index (χ3v) is 3.67. The van der Waals surface area contributed by atoms with E-state index in [2.05, 4.69) is 10.6 Å². The maximum atomic E-state index is 12.1. The lowest BCUT2D eigenvalue weighted by Gasteiger charge is -2.25. The van der Waals surface area contributed by atoms with Gasteiger partial charge in [0.05, 0.1) is 4.92 Å². The zero-order chi connectivity index (χ0) is 16.1. The third-order valence-electron chi connectivity index (χ3n) is 3.43. The van der Waals surface area contributed by atoms with Gasteiger partial charge in [-0.25, -0.2) is 0 Å². The Hall–Kier alpha value is -1.86. The van der Waals surface area contributed by atoms with Crippen LogP contribution in [0.25, 0.3) is 0 Å². The van der Waals surface area contributed by atoms with Crippen LogP contribution >= 0.6 is 11.6 Å². The van der Waals surface area contributed by atoms with Gasteiger partial charge in [-0.05, 0) is 38.4 Å². The van der Waals surface area contributed by atoms with Crippen molar-refractivity contribution in [1.82, 2.24) is 10.6 Å². The highest BCUT2D eigenvalue weighted by molar-refractivity contribution is 6.30. The summed E-state index contributed by atoms with van der Waals surface area (Å²) in [5.74, 6) is -0.267. The van der Waals surface area contributed by atoms with E-state index in [9.17, 15) is 14.9 Å². The van der Waals surface area contributed by atoms with Crippen molar-refractivity contribution < 1.29 is 14.5 Å². The van der Waals surface area contributed by atoms with E-state index in [1.807, 2.05) is 0 Å². The van der Waals surface area contributed by atoms with Crippen LogP contribution in [0.3, 0.4) is 0 Å². The average molecular weight is 328 g/mol. The first-order valence-electron chi connectivity index (χ1n) is 7.09. The highest BCUT2D eigenvalue weighted by Gasteiger charge is 2.24. The van der Waals surface area contributed by atoms with Crippen LogP contribution in [0.4, 0.5) is 5.69 Å². The minimum atomic E-state index is -0.832. The fourth-order valence-corrected chi connectivity index (χ4v) is 2.44. The van der Waals surface area contributed by atoms with Crippen molar-refractivity contribution in [2.45, 2.75) is 31.9 Å². The Kier molecular flexibility index (Phi) is 5.57. The van der Waals surface area contributed by atoms with Crippen molar-refractivity contribution in [2.24, 2.45) is 0 Å². The Morgan fingerprint density at radius 2 is 2.36 bits per heavy atom. The molecule has 0 bridgehead atoms. The maximum Gasteiger partial charge on any atom is 0.312 e. The standard InChI is InChI=1S/C14H18ClN3O4/c1-9(14(19)17-11-3-2-6-16-8-11)22-13-5-4-10(15)7-12(13)18(20)21/h4-5,7,9,11,16H,2-3,6,8H2,1H3,(H,17,19)/t9?,11-/m0/s1. The monoisotopic (exact) mass is 327 g/mol. The lowest BCUT2D eigenvalue weighted by atomic mass is 10.1. The van der Waals surface area contributed by atoms with Crippen molar-refractivity contribution in [1.29, 1.82) is 0 Å². The van der Waals surface area contributed by atoms with Crippen LogP contribution < -0.4 is 15.4 Å². The van der Waals surface area contributed by atoms with E-state index in [4.69, 9.17) is 16.3 Å². The quantitative estimate of drug-likeness (QED) is 0.636. The summed E-state index contributed by atoms with van der Waals surface area (Å²) in [4.78, 5) is 22.5. The first-order chi connectivity index (χ1) is 10.5. The fraction of sp³-hybridized carbons (Fsp3) is 0.500. The van der Waals surface area contributed by atoms with Crippen LogP contribution in [0, 0.1) is 10.1 Å². The molecule has 0 aliphatic carbocycles. The number of ether oxygens (including phenoxy) is 1. The molecule has 1 aromatic carbocycles. The molecular formula is C14H18ClN3O4. The van der Waals surface area contributed by atoms with E-state index < -0.39 is 11.0 Å². The van der Waals surface area contributed by atoms with Gasteiger partial charge in [-0.1, -0.05) is 11.6 Å². The Morgan fingerprint density at radius 3 is 3.00 bits per heavy atom. The number of nitrogens with zero attached hydrogens (tertiary/aromatic N) is 1. The summed E-state index contributed by atoms with van der Waals surface area (Å²) < 4.78 is 5.43. The maximum absolute atomic E-state index is 12.1. The Bertz CT molecular complexity index is 561. The molecule has 2 rings (SSSR count). The molecule has 1 aliphatic heterocycles. The van der Waals surface area contributed by atoms with Gasteiger partial charge in [-0.15, -0.1) is 0 Å². The number of rotatable bonds is 5. The number of amides is 1. The molecule has 1 amide bonds. The first kappa shape index (κ1) is 16.5. The second-order valence-electron chi connectivity index (χ2n) is 5.18. The van der Waals surface area contributed by atoms with Crippen molar-refractivity contribution >= 4 is 23.2 Å². The number of nitrogens with one attached hydrogen (secondary N) is 2. The molecule has 1 aliphatic rings. The normalized spacial score (nSPS) is 19.3. The van der Waals surface area contributed by atoms with Gasteiger partial charge in [0.2, 0.25) is 0 Å². The van der Waals surface area contributed by atoms with Crippen LogP contribution in [0.5, 0.6) is 5.75 Å². The topological polar surface area (TPSA) is 93.5 Å². The largest absolute Gasteiger partial charge is 0.474 e. The highest BCUT2D eigenvalue weighted by Crippen LogP contribution is 2.30. The number of nitro groups is 1. The molecule has 1 fully saturated rings. The molecule has 22 heavy (non-hydrogen) atoms. The van der Waals surface area contributed by atoms with E-state index in [-0.39, 0.29) is 28.4 Å². The van der Waals surface area contributed by atoms with Gasteiger partial charge in [-0.2, -0.15) is 0 Å². The van der Waals surface area contributed by atoms with Gasteiger partial charge in [0.15, 0.2) is 11.9 Å². The summed E-state index contributed by atoms with van der Waals surface area (Å²) in [5, 5.41) is 17.3. The van der Waals surface area contributed by atoms with Crippen molar-refractivity contribution in [3.8, 4) is 5.75 Å². The lowest BCUT2D eigenvalue weighted by molar-refractivity contribution is -0.386. The van der Waals surface area contributed by atoms with Crippen molar-refractivity contribution in [2.75, 3.05) is 13.1 Å². The van der Waals surface area contributed by atoms with Crippen molar-refractivity contribution in [3.63, 3.8) is 0 Å². The molecular weight excluding hydrogens is 310 g/mol. The van der Waals surface area contributed by atoms with Gasteiger partial charge < -0.3 is 15.4 Å². The van der Waals surface area contributed by atoms with Gasteiger partial charge >= 0.3 is 5.69 Å². The zero-order valence-corrected chi connectivity index (χ0v) is 12.9. The first-order valence-corrected chi connectivity index (χ1v) is 7.47. The third kappa shape index (κ3) is 4.32. The van der Waals surface area contributed by atoms with E-state index in [0.717, 1.165) is 25.9 Å². The highest BCUT2D eigenvalue weighted by atomic mass is 35.5. The second kappa shape index (κ2) is 7.42. The van der Waals surface area contributed by atoms with E-state index in [1.165, 1.54) is 18.2 Å². The molecule has 1 unspecified atom stereocenters. The van der Waals surface area contributed by atoms with E-state index in [1.54, 1.807) is 6.92 Å². The van der Waals surface area contributed by atoms with E-state index in [0.29, 0.717) is 0 Å². The van der Waals surface area contributed by atoms with E-state index >= 15 is 0 Å². The number of hydrogen-bond acceptors (Lipinski definition) is 5. The second-order valence-corrected chi connectivity index (χ2v) is 5.62. The molecule has 1 aromatic rings. The zero-order valence-electron chi connectivity index (χ0n) is 12.2. The van der Waals surface area contributed by atoms with Crippen LogP contribution in [0.15, 0.2) is 18.2 Å². The molecule has 1 saturated heterocycles. The molecule has 0 saturated carbocycles. The summed E-state index contributed by atoms with van der Waals surface area (Å²) >= 11 is 5.74.